The van der Waals surface area contributed by atoms with Crippen LogP contribution in [0.3, 0.4) is 0 Å². The van der Waals surface area contributed by atoms with Crippen LogP contribution in [0.2, 0.25) is 0 Å². The minimum absolute atomic E-state index is 0.124. The average Bonchev–Trinajstić information content (AvgIpc) is 2.33. The molecule has 0 amide bonds. The van der Waals surface area contributed by atoms with Gasteiger partial charge in [0.25, 0.3) is 0 Å². The molecule has 0 fully saturated rings. The van der Waals surface area contributed by atoms with Crippen molar-refractivity contribution in [2.75, 3.05) is 0 Å². The van der Waals surface area contributed by atoms with Crippen LogP contribution in [0.25, 0.3) is 0 Å². The summed E-state index contributed by atoms with van der Waals surface area (Å²) in [5.41, 5.74) is 0.666. The van der Waals surface area contributed by atoms with E-state index in [1.807, 2.05) is 13.0 Å². The Kier molecular flexibility index (Phi) is 3.58. The molecule has 0 bridgehead atoms. The van der Waals surface area contributed by atoms with E-state index < -0.39 is 5.82 Å². The Morgan fingerprint density at radius 3 is 2.89 bits per heavy atom. The predicted molar refractivity (Wildman–Crippen MR) is 67.9 cm³/mol. The summed E-state index contributed by atoms with van der Waals surface area (Å²) >= 11 is 3.29. The molecule has 0 aliphatic rings. The highest BCUT2D eigenvalue weighted by molar-refractivity contribution is 9.10. The van der Waals surface area contributed by atoms with Gasteiger partial charge in [-0.15, -0.1) is 0 Å². The first-order valence-electron chi connectivity index (χ1n) is 5.10. The van der Waals surface area contributed by atoms with Gasteiger partial charge < -0.3 is 4.74 Å². The molecule has 5 heteroatoms. The van der Waals surface area contributed by atoms with Crippen LogP contribution in [0.15, 0.2) is 34.9 Å². The number of hydrogen-bond acceptors (Lipinski definition) is 3. The Labute approximate surface area is 112 Å². The van der Waals surface area contributed by atoms with Crippen LogP contribution in [0.1, 0.15) is 11.1 Å². The van der Waals surface area contributed by atoms with E-state index in [0.29, 0.717) is 5.88 Å². The molecule has 0 radical (unpaired) electrons. The first-order chi connectivity index (χ1) is 8.61. The molecule has 1 aromatic carbocycles. The molecule has 0 saturated heterocycles. The second kappa shape index (κ2) is 5.15. The van der Waals surface area contributed by atoms with Crippen LogP contribution in [-0.4, -0.2) is 4.98 Å². The monoisotopic (exact) mass is 306 g/mol. The van der Waals surface area contributed by atoms with Crippen LogP contribution in [-0.2, 0) is 0 Å². The molecule has 0 saturated carbocycles. The van der Waals surface area contributed by atoms with E-state index in [1.54, 1.807) is 12.3 Å². The molecule has 0 atom stereocenters. The zero-order valence-electron chi connectivity index (χ0n) is 9.45. The van der Waals surface area contributed by atoms with Crippen molar-refractivity contribution in [3.8, 4) is 17.7 Å². The molecule has 0 unspecified atom stereocenters. The van der Waals surface area contributed by atoms with Crippen LogP contribution in [0.5, 0.6) is 11.6 Å². The smallest absolute Gasteiger partial charge is 0.222 e. The SMILES string of the molecule is Cc1cc(Br)cnc1Oc1cccc(F)c1C#N. The second-order valence-electron chi connectivity index (χ2n) is 3.60. The lowest BCUT2D eigenvalue weighted by Gasteiger charge is -2.09. The Bertz CT molecular complexity index is 637. The first-order valence-corrected chi connectivity index (χ1v) is 5.89. The molecule has 0 spiro atoms. The minimum atomic E-state index is -0.607. The number of ether oxygens (including phenoxy) is 1. The molecule has 3 nitrogen and oxygen atoms in total. The van der Waals surface area contributed by atoms with Gasteiger partial charge in [0.05, 0.1) is 0 Å². The van der Waals surface area contributed by atoms with Gasteiger partial charge in [-0.1, -0.05) is 6.07 Å². The van der Waals surface area contributed by atoms with Gasteiger partial charge >= 0.3 is 0 Å². The summed E-state index contributed by atoms with van der Waals surface area (Å²) < 4.78 is 19.7. The van der Waals surface area contributed by atoms with E-state index in [-0.39, 0.29) is 11.3 Å². The molecular weight excluding hydrogens is 299 g/mol. The highest BCUT2D eigenvalue weighted by atomic mass is 79.9. The second-order valence-corrected chi connectivity index (χ2v) is 4.52. The third-order valence-corrected chi connectivity index (χ3v) is 2.72. The van der Waals surface area contributed by atoms with Gasteiger partial charge in [0, 0.05) is 16.2 Å². The Morgan fingerprint density at radius 2 is 2.22 bits per heavy atom. The fourth-order valence-corrected chi connectivity index (χ4v) is 1.88. The number of hydrogen-bond donors (Lipinski definition) is 0. The van der Waals surface area contributed by atoms with E-state index in [2.05, 4.69) is 20.9 Å². The van der Waals surface area contributed by atoms with E-state index in [1.165, 1.54) is 18.2 Å². The summed E-state index contributed by atoms with van der Waals surface area (Å²) in [6.45, 7) is 1.82. The van der Waals surface area contributed by atoms with E-state index in [4.69, 9.17) is 10.00 Å². The molecule has 0 aliphatic heterocycles. The van der Waals surface area contributed by atoms with Gasteiger partial charge in [-0.05, 0) is 41.1 Å². The number of benzene rings is 1. The largest absolute Gasteiger partial charge is 0.437 e. The highest BCUT2D eigenvalue weighted by Crippen LogP contribution is 2.28. The van der Waals surface area contributed by atoms with Gasteiger partial charge in [-0.25, -0.2) is 9.37 Å². The van der Waals surface area contributed by atoms with Gasteiger partial charge in [0.15, 0.2) is 0 Å². The zero-order chi connectivity index (χ0) is 13.1. The summed E-state index contributed by atoms with van der Waals surface area (Å²) in [4.78, 5) is 4.08. The van der Waals surface area contributed by atoms with E-state index >= 15 is 0 Å². The molecule has 90 valence electrons. The van der Waals surface area contributed by atoms with E-state index in [9.17, 15) is 4.39 Å². The van der Waals surface area contributed by atoms with Crippen molar-refractivity contribution in [3.05, 3.63) is 51.9 Å². The normalized spacial score (nSPS) is 9.89. The van der Waals surface area contributed by atoms with Crippen LogP contribution >= 0.6 is 15.9 Å². The fourth-order valence-electron chi connectivity index (χ4n) is 1.44. The standard InChI is InChI=1S/C13H8BrFN2O/c1-8-5-9(14)7-17-13(8)18-12-4-2-3-11(15)10(12)6-16/h2-5,7H,1H3. The summed E-state index contributed by atoms with van der Waals surface area (Å²) in [5.74, 6) is -0.0968. The maximum atomic E-state index is 13.4. The first kappa shape index (κ1) is 12.5. The highest BCUT2D eigenvalue weighted by Gasteiger charge is 2.11. The number of rotatable bonds is 2. The Morgan fingerprint density at radius 1 is 1.44 bits per heavy atom. The molecule has 2 aromatic rings. The lowest BCUT2D eigenvalue weighted by Crippen LogP contribution is -1.95. The predicted octanol–water partition coefficient (Wildman–Crippen LogP) is 3.96. The summed E-state index contributed by atoms with van der Waals surface area (Å²) in [5, 5.41) is 8.89. The van der Waals surface area contributed by atoms with Gasteiger partial charge in [-0.2, -0.15) is 5.26 Å². The molecular formula is C13H8BrFN2O. The van der Waals surface area contributed by atoms with Crippen molar-refractivity contribution in [2.45, 2.75) is 6.92 Å². The minimum Gasteiger partial charge on any atom is -0.437 e. The number of halogens is 2. The maximum absolute atomic E-state index is 13.4. The quantitative estimate of drug-likeness (QED) is 0.843. The van der Waals surface area contributed by atoms with Gasteiger partial charge in [0.2, 0.25) is 5.88 Å². The molecule has 18 heavy (non-hydrogen) atoms. The van der Waals surface area contributed by atoms with Gasteiger partial charge in [0.1, 0.15) is 23.2 Å². The number of aryl methyl sites for hydroxylation is 1. The van der Waals surface area contributed by atoms with Crippen LogP contribution in [0, 0.1) is 24.1 Å². The summed E-state index contributed by atoms with van der Waals surface area (Å²) in [6.07, 6.45) is 1.58. The van der Waals surface area contributed by atoms with Crippen molar-refractivity contribution in [1.82, 2.24) is 4.98 Å². The molecule has 2 rings (SSSR count). The van der Waals surface area contributed by atoms with Crippen molar-refractivity contribution in [2.24, 2.45) is 0 Å². The van der Waals surface area contributed by atoms with E-state index in [0.717, 1.165) is 10.0 Å². The molecule has 1 heterocycles. The molecule has 0 aliphatic carbocycles. The lowest BCUT2D eigenvalue weighted by molar-refractivity contribution is 0.452. The van der Waals surface area contributed by atoms with Gasteiger partial charge in [-0.3, -0.25) is 0 Å². The summed E-state index contributed by atoms with van der Waals surface area (Å²) in [7, 11) is 0. The molecule has 1 aromatic heterocycles. The number of nitriles is 1. The number of nitrogens with zero attached hydrogens (tertiary/aromatic N) is 2. The molecule has 0 N–H and O–H groups in total. The average molecular weight is 307 g/mol. The lowest BCUT2D eigenvalue weighted by atomic mass is 10.2. The fraction of sp³-hybridized carbons (Fsp3) is 0.0769. The number of aromatic nitrogens is 1. The maximum Gasteiger partial charge on any atom is 0.222 e. The van der Waals surface area contributed by atoms with Crippen LogP contribution in [0.4, 0.5) is 4.39 Å². The zero-order valence-corrected chi connectivity index (χ0v) is 11.0. The third-order valence-electron chi connectivity index (χ3n) is 2.29. The number of pyridine rings is 1. The van der Waals surface area contributed by atoms with Crippen molar-refractivity contribution >= 4 is 15.9 Å². The van der Waals surface area contributed by atoms with Crippen molar-refractivity contribution in [3.63, 3.8) is 0 Å². The van der Waals surface area contributed by atoms with Crippen LogP contribution < -0.4 is 4.74 Å². The Balaban J connectivity index is 2.41. The van der Waals surface area contributed by atoms with Crippen molar-refractivity contribution < 1.29 is 9.13 Å². The summed E-state index contributed by atoms with van der Waals surface area (Å²) in [6, 6.07) is 7.84. The third kappa shape index (κ3) is 2.49. The van der Waals surface area contributed by atoms with Crippen molar-refractivity contribution in [1.29, 1.82) is 5.26 Å². The Hall–Kier alpha value is -1.93. The topological polar surface area (TPSA) is 45.9 Å².